The molecule has 0 aliphatic heterocycles. The van der Waals surface area contributed by atoms with Crippen molar-refractivity contribution in [1.29, 1.82) is 0 Å². The second-order valence-electron chi connectivity index (χ2n) is 5.37. The van der Waals surface area contributed by atoms with Crippen LogP contribution >= 0.6 is 0 Å². The highest BCUT2D eigenvalue weighted by molar-refractivity contribution is 5.34. The topological polar surface area (TPSA) is 40.5 Å². The van der Waals surface area contributed by atoms with Crippen molar-refractivity contribution in [2.24, 2.45) is 0 Å². The number of hydrogen-bond acceptors (Lipinski definition) is 2. The van der Waals surface area contributed by atoms with Crippen LogP contribution in [-0.4, -0.2) is 15.8 Å². The van der Waals surface area contributed by atoms with Gasteiger partial charge in [0.05, 0.1) is 5.60 Å². The van der Waals surface area contributed by atoms with E-state index < -0.39 is 11.7 Å². The third-order valence-electron chi connectivity index (χ3n) is 4.14. The normalized spacial score (nSPS) is 21.6. The fourth-order valence-electron chi connectivity index (χ4n) is 2.38. The van der Waals surface area contributed by atoms with E-state index in [9.17, 15) is 10.2 Å². The van der Waals surface area contributed by atoms with Crippen LogP contribution in [0.5, 0.6) is 0 Å². The van der Waals surface area contributed by atoms with Gasteiger partial charge >= 0.3 is 0 Å². The molecule has 1 aromatic carbocycles. The van der Waals surface area contributed by atoms with Gasteiger partial charge in [0.25, 0.3) is 0 Å². The highest BCUT2D eigenvalue weighted by atomic mass is 16.3. The number of rotatable bonds is 4. The largest absolute Gasteiger partial charge is 0.387 e. The van der Waals surface area contributed by atoms with Crippen LogP contribution in [0.15, 0.2) is 24.3 Å². The summed E-state index contributed by atoms with van der Waals surface area (Å²) in [7, 11) is 0. The van der Waals surface area contributed by atoms with E-state index in [-0.39, 0.29) is 0 Å². The minimum absolute atomic E-state index is 0.549. The molecule has 1 aliphatic carbocycles. The molecule has 2 atom stereocenters. The molecule has 1 saturated carbocycles. The lowest BCUT2D eigenvalue weighted by molar-refractivity contribution is -0.0664. The highest BCUT2D eigenvalue weighted by Crippen LogP contribution is 2.41. The van der Waals surface area contributed by atoms with Gasteiger partial charge in [-0.1, -0.05) is 37.6 Å². The average Bonchev–Trinajstić information content (AvgIpc) is 2.26. The van der Waals surface area contributed by atoms with Crippen molar-refractivity contribution in [3.8, 4) is 0 Å². The molecular weight excluding hydrogens is 212 g/mol. The predicted octanol–water partition coefficient (Wildman–Crippen LogP) is 3.15. The zero-order chi connectivity index (χ0) is 12.5. The van der Waals surface area contributed by atoms with Crippen molar-refractivity contribution in [2.75, 3.05) is 0 Å². The van der Waals surface area contributed by atoms with Gasteiger partial charge in [-0.05, 0) is 43.2 Å². The number of benzene rings is 1. The van der Waals surface area contributed by atoms with E-state index in [0.717, 1.165) is 5.56 Å². The molecule has 0 radical (unpaired) electrons. The summed E-state index contributed by atoms with van der Waals surface area (Å²) in [5.74, 6) is 0.577. The third-order valence-corrected chi connectivity index (χ3v) is 4.14. The van der Waals surface area contributed by atoms with E-state index in [1.165, 1.54) is 24.8 Å². The Bertz CT molecular complexity index is 380. The van der Waals surface area contributed by atoms with Crippen LogP contribution in [0.2, 0.25) is 0 Å². The standard InChI is InChI=1S/C15H22O2/c1-3-15(2,17)14(16)13-10-5-4-9-12(13)11-7-6-8-11/h4-5,9-11,14,16-17H,3,6-8H2,1-2H3. The fourth-order valence-corrected chi connectivity index (χ4v) is 2.38. The Kier molecular flexibility index (Phi) is 3.55. The Morgan fingerprint density at radius 3 is 2.53 bits per heavy atom. The molecule has 0 heterocycles. The Morgan fingerprint density at radius 1 is 1.35 bits per heavy atom. The SMILES string of the molecule is CCC(C)(O)C(O)c1ccccc1C1CCC1. The van der Waals surface area contributed by atoms with Gasteiger partial charge < -0.3 is 10.2 Å². The summed E-state index contributed by atoms with van der Waals surface area (Å²) in [4.78, 5) is 0. The predicted molar refractivity (Wildman–Crippen MR) is 68.9 cm³/mol. The first-order valence-corrected chi connectivity index (χ1v) is 6.55. The highest BCUT2D eigenvalue weighted by Gasteiger charge is 2.33. The van der Waals surface area contributed by atoms with Gasteiger partial charge in [0.15, 0.2) is 0 Å². The molecule has 2 nitrogen and oxygen atoms in total. The first kappa shape index (κ1) is 12.6. The van der Waals surface area contributed by atoms with E-state index in [0.29, 0.717) is 12.3 Å². The van der Waals surface area contributed by atoms with Crippen molar-refractivity contribution < 1.29 is 10.2 Å². The van der Waals surface area contributed by atoms with E-state index >= 15 is 0 Å². The van der Waals surface area contributed by atoms with Crippen molar-refractivity contribution in [3.63, 3.8) is 0 Å². The molecule has 94 valence electrons. The molecule has 2 heteroatoms. The van der Waals surface area contributed by atoms with Crippen LogP contribution in [-0.2, 0) is 0 Å². The molecule has 1 fully saturated rings. The van der Waals surface area contributed by atoms with E-state index in [1.54, 1.807) is 6.92 Å². The van der Waals surface area contributed by atoms with Crippen molar-refractivity contribution >= 4 is 0 Å². The summed E-state index contributed by atoms with van der Waals surface area (Å²) in [6.45, 7) is 3.60. The van der Waals surface area contributed by atoms with Gasteiger partial charge in [-0.3, -0.25) is 0 Å². The van der Waals surface area contributed by atoms with Crippen LogP contribution < -0.4 is 0 Å². The molecule has 0 saturated heterocycles. The third kappa shape index (κ3) is 2.38. The molecule has 0 bridgehead atoms. The Balaban J connectivity index is 2.31. The number of hydrogen-bond donors (Lipinski definition) is 2. The van der Waals surface area contributed by atoms with Crippen LogP contribution in [0.3, 0.4) is 0 Å². The lowest BCUT2D eigenvalue weighted by Crippen LogP contribution is -2.33. The molecular formula is C15H22O2. The lowest BCUT2D eigenvalue weighted by atomic mass is 9.75. The maximum Gasteiger partial charge on any atom is 0.108 e. The second kappa shape index (κ2) is 4.79. The quantitative estimate of drug-likeness (QED) is 0.840. The van der Waals surface area contributed by atoms with Gasteiger partial charge in [0.1, 0.15) is 6.10 Å². The minimum atomic E-state index is -1.04. The Morgan fingerprint density at radius 2 is 2.00 bits per heavy atom. The van der Waals surface area contributed by atoms with Gasteiger partial charge in [-0.2, -0.15) is 0 Å². The van der Waals surface area contributed by atoms with Crippen molar-refractivity contribution in [1.82, 2.24) is 0 Å². The zero-order valence-electron chi connectivity index (χ0n) is 10.7. The van der Waals surface area contributed by atoms with E-state index in [2.05, 4.69) is 6.07 Å². The average molecular weight is 234 g/mol. The summed E-state index contributed by atoms with van der Waals surface area (Å²) in [5.41, 5.74) is 1.09. The van der Waals surface area contributed by atoms with Gasteiger partial charge in [-0.15, -0.1) is 0 Å². The van der Waals surface area contributed by atoms with Gasteiger partial charge in [0, 0.05) is 0 Å². The molecule has 2 rings (SSSR count). The molecule has 2 unspecified atom stereocenters. The molecule has 0 amide bonds. The van der Waals surface area contributed by atoms with Crippen LogP contribution in [0.4, 0.5) is 0 Å². The summed E-state index contributed by atoms with van der Waals surface area (Å²) < 4.78 is 0. The first-order valence-electron chi connectivity index (χ1n) is 6.55. The van der Waals surface area contributed by atoms with Crippen LogP contribution in [0.25, 0.3) is 0 Å². The van der Waals surface area contributed by atoms with Gasteiger partial charge in [-0.25, -0.2) is 0 Å². The first-order chi connectivity index (χ1) is 8.06. The maximum absolute atomic E-state index is 10.3. The lowest BCUT2D eigenvalue weighted by Gasteiger charge is -2.33. The Labute approximate surface area is 103 Å². The monoisotopic (exact) mass is 234 g/mol. The van der Waals surface area contributed by atoms with E-state index in [4.69, 9.17) is 0 Å². The minimum Gasteiger partial charge on any atom is -0.387 e. The van der Waals surface area contributed by atoms with E-state index in [1.807, 2.05) is 25.1 Å². The number of aliphatic hydroxyl groups excluding tert-OH is 1. The smallest absolute Gasteiger partial charge is 0.108 e. The molecule has 0 spiro atoms. The summed E-state index contributed by atoms with van der Waals surface area (Å²) in [6, 6.07) is 7.99. The summed E-state index contributed by atoms with van der Waals surface area (Å²) in [6.07, 6.45) is 3.45. The Hall–Kier alpha value is -0.860. The summed E-state index contributed by atoms with van der Waals surface area (Å²) in [5, 5.41) is 20.5. The number of aliphatic hydroxyl groups is 2. The molecule has 0 aromatic heterocycles. The van der Waals surface area contributed by atoms with Crippen molar-refractivity contribution in [3.05, 3.63) is 35.4 Å². The summed E-state index contributed by atoms with van der Waals surface area (Å²) >= 11 is 0. The van der Waals surface area contributed by atoms with Gasteiger partial charge in [0.2, 0.25) is 0 Å². The molecule has 1 aromatic rings. The fraction of sp³-hybridized carbons (Fsp3) is 0.600. The molecule has 2 N–H and O–H groups in total. The van der Waals surface area contributed by atoms with Crippen LogP contribution in [0, 0.1) is 0 Å². The second-order valence-corrected chi connectivity index (χ2v) is 5.37. The zero-order valence-corrected chi connectivity index (χ0v) is 10.7. The van der Waals surface area contributed by atoms with Crippen molar-refractivity contribution in [2.45, 2.75) is 57.2 Å². The maximum atomic E-state index is 10.3. The molecule has 17 heavy (non-hydrogen) atoms. The van der Waals surface area contributed by atoms with Crippen LogP contribution in [0.1, 0.15) is 62.7 Å². The molecule has 1 aliphatic rings.